The predicted octanol–water partition coefficient (Wildman–Crippen LogP) is 4.36. The molecule has 0 aliphatic heterocycles. The summed E-state index contributed by atoms with van der Waals surface area (Å²) in [6, 6.07) is 13.0. The summed E-state index contributed by atoms with van der Waals surface area (Å²) in [5.41, 5.74) is -2.00. The monoisotopic (exact) mass is 458 g/mol. The van der Waals surface area contributed by atoms with E-state index in [1.165, 1.54) is 29.6 Å². The van der Waals surface area contributed by atoms with Crippen LogP contribution in [0.3, 0.4) is 0 Å². The summed E-state index contributed by atoms with van der Waals surface area (Å²) >= 11 is 6.07. The minimum absolute atomic E-state index is 0.138. The molecular formula is C22H17ClF2N4O3. The number of pyridine rings is 1. The van der Waals surface area contributed by atoms with Crippen molar-refractivity contribution in [3.8, 4) is 17.4 Å². The molecule has 7 nitrogen and oxygen atoms in total. The molecule has 4 aromatic rings. The van der Waals surface area contributed by atoms with Crippen molar-refractivity contribution in [1.82, 2.24) is 19.7 Å². The molecule has 32 heavy (non-hydrogen) atoms. The van der Waals surface area contributed by atoms with Crippen LogP contribution in [0.25, 0.3) is 0 Å². The van der Waals surface area contributed by atoms with Gasteiger partial charge in [-0.2, -0.15) is 5.10 Å². The number of hydrogen-bond donors (Lipinski definition) is 1. The van der Waals surface area contributed by atoms with Crippen molar-refractivity contribution in [3.63, 3.8) is 0 Å². The van der Waals surface area contributed by atoms with E-state index in [1.807, 2.05) is 0 Å². The Balaban J connectivity index is 1.51. The maximum atomic E-state index is 14.5. The zero-order chi connectivity index (χ0) is 22.6. The molecule has 0 radical (unpaired) electrons. The van der Waals surface area contributed by atoms with E-state index in [-0.39, 0.29) is 24.6 Å². The summed E-state index contributed by atoms with van der Waals surface area (Å²) in [4.78, 5) is 7.97. The first-order valence-corrected chi connectivity index (χ1v) is 9.82. The summed E-state index contributed by atoms with van der Waals surface area (Å²) in [6.45, 7) is -0.529. The summed E-state index contributed by atoms with van der Waals surface area (Å²) in [5, 5.41) is 15.6. The van der Waals surface area contributed by atoms with E-state index in [0.29, 0.717) is 22.6 Å². The van der Waals surface area contributed by atoms with Crippen molar-refractivity contribution in [2.24, 2.45) is 0 Å². The smallest absolute Gasteiger partial charge is 0.219 e. The van der Waals surface area contributed by atoms with E-state index >= 15 is 0 Å². The Morgan fingerprint density at radius 3 is 2.62 bits per heavy atom. The van der Waals surface area contributed by atoms with Crippen LogP contribution in [-0.2, 0) is 12.1 Å². The van der Waals surface area contributed by atoms with Gasteiger partial charge in [0.05, 0.1) is 17.8 Å². The normalized spacial score (nSPS) is 12.9. The number of ether oxygens (including phenoxy) is 2. The van der Waals surface area contributed by atoms with Gasteiger partial charge in [-0.1, -0.05) is 29.8 Å². The van der Waals surface area contributed by atoms with Gasteiger partial charge in [-0.25, -0.2) is 23.4 Å². The van der Waals surface area contributed by atoms with Crippen LogP contribution in [0.4, 0.5) is 8.78 Å². The maximum Gasteiger partial charge on any atom is 0.219 e. The van der Waals surface area contributed by atoms with Crippen LogP contribution in [0, 0.1) is 11.6 Å². The summed E-state index contributed by atoms with van der Waals surface area (Å²) < 4.78 is 40.4. The van der Waals surface area contributed by atoms with Gasteiger partial charge >= 0.3 is 0 Å². The molecule has 0 spiro atoms. The van der Waals surface area contributed by atoms with Gasteiger partial charge in [-0.05, 0) is 24.3 Å². The highest BCUT2D eigenvalue weighted by Crippen LogP contribution is 2.30. The van der Waals surface area contributed by atoms with Crippen LogP contribution in [0.15, 0.2) is 73.4 Å². The van der Waals surface area contributed by atoms with Crippen LogP contribution in [0.5, 0.6) is 17.4 Å². The number of hydrogen-bond acceptors (Lipinski definition) is 6. The van der Waals surface area contributed by atoms with E-state index in [4.69, 9.17) is 21.1 Å². The molecule has 4 rings (SSSR count). The molecule has 0 fully saturated rings. The Morgan fingerprint density at radius 2 is 1.94 bits per heavy atom. The molecule has 2 aromatic heterocycles. The van der Waals surface area contributed by atoms with Crippen molar-refractivity contribution in [2.45, 2.75) is 12.1 Å². The third-order valence-corrected chi connectivity index (χ3v) is 4.87. The molecule has 164 valence electrons. The van der Waals surface area contributed by atoms with Crippen molar-refractivity contribution in [1.29, 1.82) is 0 Å². The second-order valence-electron chi connectivity index (χ2n) is 6.90. The van der Waals surface area contributed by atoms with Gasteiger partial charge < -0.3 is 14.6 Å². The third kappa shape index (κ3) is 5.01. The van der Waals surface area contributed by atoms with Gasteiger partial charge in [0.2, 0.25) is 5.88 Å². The molecule has 2 heterocycles. The molecule has 0 aliphatic rings. The lowest BCUT2D eigenvalue weighted by atomic mass is 9.94. The van der Waals surface area contributed by atoms with Gasteiger partial charge in [-0.15, -0.1) is 0 Å². The van der Waals surface area contributed by atoms with Crippen molar-refractivity contribution >= 4 is 11.6 Å². The zero-order valence-electron chi connectivity index (χ0n) is 16.5. The average molecular weight is 459 g/mol. The highest BCUT2D eigenvalue weighted by Gasteiger charge is 2.34. The van der Waals surface area contributed by atoms with Gasteiger partial charge in [0.1, 0.15) is 48.0 Å². The molecular weight excluding hydrogens is 442 g/mol. The number of halogens is 3. The minimum atomic E-state index is -1.86. The first-order valence-electron chi connectivity index (χ1n) is 9.44. The molecule has 1 unspecified atom stereocenters. The number of aliphatic hydroxyl groups is 1. The number of benzene rings is 2. The summed E-state index contributed by atoms with van der Waals surface area (Å²) in [6.07, 6.45) is 4.04. The lowest BCUT2D eigenvalue weighted by molar-refractivity contribution is -0.0298. The number of nitrogens with zero attached hydrogens (tertiary/aromatic N) is 4. The Morgan fingerprint density at radius 1 is 1.09 bits per heavy atom. The number of para-hydroxylation sites is 1. The first-order chi connectivity index (χ1) is 15.4. The number of aromatic nitrogens is 4. The Hall–Kier alpha value is -3.56. The van der Waals surface area contributed by atoms with Gasteiger partial charge in [-0.3, -0.25) is 0 Å². The van der Waals surface area contributed by atoms with Crippen LogP contribution >= 0.6 is 11.6 Å². The molecule has 1 N–H and O–H groups in total. The quantitative estimate of drug-likeness (QED) is 0.422. The highest BCUT2D eigenvalue weighted by molar-refractivity contribution is 6.32. The van der Waals surface area contributed by atoms with Crippen molar-refractivity contribution in [3.05, 3.63) is 95.7 Å². The van der Waals surface area contributed by atoms with Crippen molar-refractivity contribution in [2.75, 3.05) is 6.61 Å². The second kappa shape index (κ2) is 9.29. The van der Waals surface area contributed by atoms with Crippen molar-refractivity contribution < 1.29 is 23.4 Å². The van der Waals surface area contributed by atoms with E-state index in [2.05, 4.69) is 15.1 Å². The van der Waals surface area contributed by atoms with Crippen LogP contribution in [-0.4, -0.2) is 31.5 Å². The fourth-order valence-electron chi connectivity index (χ4n) is 3.01. The lowest BCUT2D eigenvalue weighted by Gasteiger charge is -2.28. The standard InChI is InChI=1S/C22H17ClF2N4O3/c23-18-3-1-2-4-20(18)32-21-8-6-16(10-27-21)31-12-22(30,11-29-14-26-13-28-29)17-7-5-15(24)9-19(17)25/h1-10,13-14,30H,11-12H2. The van der Waals surface area contributed by atoms with E-state index in [9.17, 15) is 13.9 Å². The van der Waals surface area contributed by atoms with E-state index in [1.54, 1.807) is 36.4 Å². The SMILES string of the molecule is OC(COc1ccc(Oc2ccccc2Cl)nc1)(Cn1cncn1)c1ccc(F)cc1F. The zero-order valence-corrected chi connectivity index (χ0v) is 17.3. The molecule has 0 amide bonds. The Labute approximate surface area is 186 Å². The van der Waals surface area contributed by atoms with Crippen LogP contribution < -0.4 is 9.47 Å². The largest absolute Gasteiger partial charge is 0.489 e. The summed E-state index contributed by atoms with van der Waals surface area (Å²) in [5.74, 6) is -0.625. The fourth-order valence-corrected chi connectivity index (χ4v) is 3.19. The van der Waals surface area contributed by atoms with E-state index < -0.39 is 17.2 Å². The molecule has 10 heteroatoms. The fraction of sp³-hybridized carbons (Fsp3) is 0.136. The van der Waals surface area contributed by atoms with Gasteiger partial charge in [0.15, 0.2) is 0 Å². The molecule has 0 aliphatic carbocycles. The summed E-state index contributed by atoms with van der Waals surface area (Å²) in [7, 11) is 0. The third-order valence-electron chi connectivity index (χ3n) is 4.56. The highest BCUT2D eigenvalue weighted by atomic mass is 35.5. The second-order valence-corrected chi connectivity index (χ2v) is 7.31. The van der Waals surface area contributed by atoms with Crippen LogP contribution in [0.1, 0.15) is 5.56 Å². The van der Waals surface area contributed by atoms with Gasteiger partial charge in [0, 0.05) is 17.7 Å². The molecule has 0 bridgehead atoms. The topological polar surface area (TPSA) is 82.3 Å². The molecule has 0 saturated carbocycles. The van der Waals surface area contributed by atoms with E-state index in [0.717, 1.165) is 6.07 Å². The molecule has 2 aromatic carbocycles. The predicted molar refractivity (Wildman–Crippen MR) is 112 cm³/mol. The average Bonchev–Trinajstić information content (AvgIpc) is 3.27. The molecule has 0 saturated heterocycles. The molecule has 1 atom stereocenters. The Bertz CT molecular complexity index is 1190. The van der Waals surface area contributed by atoms with Gasteiger partial charge in [0.25, 0.3) is 0 Å². The number of rotatable bonds is 8. The van der Waals surface area contributed by atoms with Crippen LogP contribution in [0.2, 0.25) is 5.02 Å². The lowest BCUT2D eigenvalue weighted by Crippen LogP contribution is -2.39. The Kier molecular flexibility index (Phi) is 6.29. The minimum Gasteiger partial charge on any atom is -0.489 e. The first kappa shape index (κ1) is 21.7. The maximum absolute atomic E-state index is 14.5.